The molecule has 1 amide bonds. The molecule has 0 spiro atoms. The van der Waals surface area contributed by atoms with Crippen molar-refractivity contribution in [1.29, 1.82) is 0 Å². The molecule has 3 aromatic heterocycles. The average molecular weight is 479 g/mol. The zero-order valence-corrected chi connectivity index (χ0v) is 19.5. The number of rotatable bonds is 4. The Morgan fingerprint density at radius 2 is 2.07 bits per heavy atom. The van der Waals surface area contributed by atoms with Crippen LogP contribution in [0.4, 0.5) is 5.82 Å². The summed E-state index contributed by atoms with van der Waals surface area (Å²) >= 11 is 6.89. The van der Waals surface area contributed by atoms with Crippen molar-refractivity contribution in [1.82, 2.24) is 14.9 Å². The molecule has 1 fully saturated rings. The van der Waals surface area contributed by atoms with Gasteiger partial charge in [0, 0.05) is 45.7 Å². The minimum atomic E-state index is 0.0901. The van der Waals surface area contributed by atoms with Crippen LogP contribution in [0.2, 0.25) is 0 Å². The molecule has 28 heavy (non-hydrogen) atoms. The normalized spacial score (nSPS) is 15.4. The van der Waals surface area contributed by atoms with Gasteiger partial charge < -0.3 is 9.80 Å². The van der Waals surface area contributed by atoms with Gasteiger partial charge in [-0.15, -0.1) is 22.7 Å². The van der Waals surface area contributed by atoms with Crippen LogP contribution in [0.3, 0.4) is 0 Å². The second-order valence-electron chi connectivity index (χ2n) is 7.35. The molecule has 1 saturated heterocycles. The number of carbonyl (C=O) groups excluding carboxylic acids is 1. The van der Waals surface area contributed by atoms with E-state index in [0.29, 0.717) is 6.54 Å². The van der Waals surface area contributed by atoms with Gasteiger partial charge in [0.2, 0.25) is 5.91 Å². The number of aryl methyl sites for hydroxylation is 2. The maximum Gasteiger partial charge on any atom is 0.225 e. The molecule has 0 unspecified atom stereocenters. The van der Waals surface area contributed by atoms with E-state index in [1.54, 1.807) is 29.0 Å². The Bertz CT molecular complexity index is 1010. The fourth-order valence-electron chi connectivity index (χ4n) is 3.80. The molecule has 0 bridgehead atoms. The molecule has 1 aliphatic heterocycles. The highest BCUT2D eigenvalue weighted by molar-refractivity contribution is 9.10. The summed E-state index contributed by atoms with van der Waals surface area (Å²) in [6, 6.07) is 2.09. The number of thiophene rings is 2. The van der Waals surface area contributed by atoms with E-state index in [9.17, 15) is 4.79 Å². The van der Waals surface area contributed by atoms with Gasteiger partial charge in [-0.3, -0.25) is 4.79 Å². The van der Waals surface area contributed by atoms with Crippen molar-refractivity contribution in [2.75, 3.05) is 25.0 Å². The number of hydrogen-bond acceptors (Lipinski definition) is 6. The van der Waals surface area contributed by atoms with Gasteiger partial charge in [-0.2, -0.15) is 0 Å². The van der Waals surface area contributed by atoms with Gasteiger partial charge in [-0.05, 0) is 54.2 Å². The van der Waals surface area contributed by atoms with E-state index >= 15 is 0 Å². The quantitative estimate of drug-likeness (QED) is 0.528. The third-order valence-electron chi connectivity index (χ3n) is 5.48. The lowest BCUT2D eigenvalue weighted by Gasteiger charge is -2.34. The minimum absolute atomic E-state index is 0.0901. The number of hydrogen-bond donors (Lipinski definition) is 0. The standard InChI is InChI=1S/C20H23BrN4OS2/c1-12-13(2)28-19-17(12)18(22-11-23-19)25-6-4-14(5-7-25)20(26)24(3)9-16-8-15(21)10-27-16/h8,10-11,14H,4-7,9H2,1-3H3. The predicted octanol–water partition coefficient (Wildman–Crippen LogP) is 5.01. The molecule has 0 N–H and O–H groups in total. The second-order valence-corrected chi connectivity index (χ2v) is 10.5. The van der Waals surface area contributed by atoms with E-state index < -0.39 is 0 Å². The van der Waals surface area contributed by atoms with Crippen molar-refractivity contribution >= 4 is 60.5 Å². The SMILES string of the molecule is Cc1sc2ncnc(N3CCC(C(=O)N(C)Cc4cc(Br)cs4)CC3)c2c1C. The number of piperidine rings is 1. The molecule has 5 nitrogen and oxygen atoms in total. The first-order valence-electron chi connectivity index (χ1n) is 9.37. The van der Waals surface area contributed by atoms with Crippen molar-refractivity contribution in [3.8, 4) is 0 Å². The Labute approximate surface area is 181 Å². The van der Waals surface area contributed by atoms with Crippen molar-refractivity contribution in [2.45, 2.75) is 33.2 Å². The van der Waals surface area contributed by atoms with E-state index in [2.05, 4.69) is 56.1 Å². The van der Waals surface area contributed by atoms with Crippen LogP contribution in [0.5, 0.6) is 0 Å². The lowest BCUT2D eigenvalue weighted by Crippen LogP contribution is -2.41. The van der Waals surface area contributed by atoms with Crippen molar-refractivity contribution in [2.24, 2.45) is 5.92 Å². The van der Waals surface area contributed by atoms with Gasteiger partial charge in [-0.25, -0.2) is 9.97 Å². The summed E-state index contributed by atoms with van der Waals surface area (Å²) in [5, 5.41) is 3.23. The molecule has 0 saturated carbocycles. The van der Waals surface area contributed by atoms with E-state index in [-0.39, 0.29) is 11.8 Å². The molecule has 4 rings (SSSR count). The van der Waals surface area contributed by atoms with Crippen LogP contribution >= 0.6 is 38.6 Å². The number of nitrogens with zero attached hydrogens (tertiary/aromatic N) is 4. The summed E-state index contributed by atoms with van der Waals surface area (Å²) in [4.78, 5) is 29.7. The molecule has 4 heterocycles. The van der Waals surface area contributed by atoms with Crippen LogP contribution in [0.25, 0.3) is 10.2 Å². The van der Waals surface area contributed by atoms with Crippen molar-refractivity contribution < 1.29 is 4.79 Å². The highest BCUT2D eigenvalue weighted by atomic mass is 79.9. The Morgan fingerprint density at radius 1 is 1.32 bits per heavy atom. The van der Waals surface area contributed by atoms with Crippen LogP contribution in [0.1, 0.15) is 28.2 Å². The van der Waals surface area contributed by atoms with Gasteiger partial charge in [0.1, 0.15) is 17.0 Å². The van der Waals surface area contributed by atoms with Gasteiger partial charge >= 0.3 is 0 Å². The summed E-state index contributed by atoms with van der Waals surface area (Å²) in [5.74, 6) is 1.36. The summed E-state index contributed by atoms with van der Waals surface area (Å²) in [6.07, 6.45) is 3.40. The first kappa shape index (κ1) is 19.8. The molecule has 8 heteroatoms. The maximum absolute atomic E-state index is 12.9. The molecule has 0 radical (unpaired) electrons. The average Bonchev–Trinajstić information content (AvgIpc) is 3.23. The van der Waals surface area contributed by atoms with Gasteiger partial charge in [-0.1, -0.05) is 0 Å². The largest absolute Gasteiger partial charge is 0.356 e. The van der Waals surface area contributed by atoms with Crippen LogP contribution in [-0.2, 0) is 11.3 Å². The zero-order valence-electron chi connectivity index (χ0n) is 16.2. The number of amides is 1. The minimum Gasteiger partial charge on any atom is -0.356 e. The first-order chi connectivity index (χ1) is 13.4. The summed E-state index contributed by atoms with van der Waals surface area (Å²) < 4.78 is 1.08. The number of halogens is 1. The molecular weight excluding hydrogens is 456 g/mol. The fraction of sp³-hybridized carbons (Fsp3) is 0.450. The number of anilines is 1. The number of fused-ring (bicyclic) bond motifs is 1. The third-order valence-corrected chi connectivity index (χ3v) is 8.28. The monoisotopic (exact) mass is 478 g/mol. The topological polar surface area (TPSA) is 49.3 Å². The maximum atomic E-state index is 12.9. The van der Waals surface area contributed by atoms with Gasteiger partial charge in [0.15, 0.2) is 0 Å². The molecule has 0 atom stereocenters. The zero-order chi connectivity index (χ0) is 19.8. The Morgan fingerprint density at radius 3 is 2.75 bits per heavy atom. The lowest BCUT2D eigenvalue weighted by molar-refractivity contribution is -0.135. The molecule has 1 aliphatic rings. The molecule has 0 aromatic carbocycles. The van der Waals surface area contributed by atoms with Crippen LogP contribution in [0, 0.1) is 19.8 Å². The molecular formula is C20H23BrN4OS2. The van der Waals surface area contributed by atoms with Crippen LogP contribution in [-0.4, -0.2) is 40.9 Å². The van der Waals surface area contributed by atoms with E-state index in [4.69, 9.17) is 0 Å². The Kier molecular flexibility index (Phi) is 5.71. The lowest BCUT2D eigenvalue weighted by atomic mass is 9.95. The van der Waals surface area contributed by atoms with Gasteiger partial charge in [0.25, 0.3) is 0 Å². The first-order valence-corrected chi connectivity index (χ1v) is 11.9. The smallest absolute Gasteiger partial charge is 0.225 e. The molecule has 3 aromatic rings. The highest BCUT2D eigenvalue weighted by Gasteiger charge is 2.29. The Hall–Kier alpha value is -1.51. The van der Waals surface area contributed by atoms with Crippen molar-refractivity contribution in [3.05, 3.63) is 37.6 Å². The van der Waals surface area contributed by atoms with Crippen molar-refractivity contribution in [3.63, 3.8) is 0 Å². The van der Waals surface area contributed by atoms with Crippen LogP contribution < -0.4 is 4.90 Å². The summed E-state index contributed by atoms with van der Waals surface area (Å²) in [6.45, 7) is 6.67. The van der Waals surface area contributed by atoms with Crippen LogP contribution in [0.15, 0.2) is 22.2 Å². The fourth-order valence-corrected chi connectivity index (χ4v) is 6.30. The predicted molar refractivity (Wildman–Crippen MR) is 120 cm³/mol. The summed E-state index contributed by atoms with van der Waals surface area (Å²) in [7, 11) is 1.91. The Balaban J connectivity index is 1.43. The van der Waals surface area contributed by atoms with E-state index in [1.165, 1.54) is 20.7 Å². The van der Waals surface area contributed by atoms with Gasteiger partial charge in [0.05, 0.1) is 11.9 Å². The second kappa shape index (κ2) is 8.08. The number of aromatic nitrogens is 2. The third kappa shape index (κ3) is 3.82. The molecule has 148 valence electrons. The highest BCUT2D eigenvalue weighted by Crippen LogP contribution is 2.35. The number of carbonyl (C=O) groups is 1. The van der Waals surface area contributed by atoms with E-state index in [0.717, 1.165) is 41.1 Å². The van der Waals surface area contributed by atoms with E-state index in [1.807, 2.05) is 11.9 Å². The summed E-state index contributed by atoms with van der Waals surface area (Å²) in [5.41, 5.74) is 1.27. The molecule has 0 aliphatic carbocycles.